The third kappa shape index (κ3) is 2.21. The Bertz CT molecular complexity index is 198. The Morgan fingerprint density at radius 1 is 1.62 bits per heavy atom. The van der Waals surface area contributed by atoms with Crippen molar-refractivity contribution in [1.82, 2.24) is 10.2 Å². The number of likely N-dealkylation sites (tertiary alicyclic amines) is 1. The summed E-state index contributed by atoms with van der Waals surface area (Å²) in [6.07, 6.45) is 1.69. The van der Waals surface area contributed by atoms with Gasteiger partial charge in [-0.05, 0) is 12.8 Å². The quantitative estimate of drug-likeness (QED) is 0.706. The SMILES string of the molecule is CNC(=O)C1CCCN1C(=O)CBr. The van der Waals surface area contributed by atoms with Crippen molar-refractivity contribution < 1.29 is 9.59 Å². The first kappa shape index (κ1) is 10.5. The lowest BCUT2D eigenvalue weighted by Crippen LogP contribution is -2.45. The van der Waals surface area contributed by atoms with Crippen LogP contribution in [0.15, 0.2) is 0 Å². The van der Waals surface area contributed by atoms with Crippen LogP contribution in [0.3, 0.4) is 0 Å². The minimum absolute atomic E-state index is 0.00824. The molecule has 0 radical (unpaired) electrons. The zero-order valence-corrected chi connectivity index (χ0v) is 9.13. The Morgan fingerprint density at radius 3 is 2.85 bits per heavy atom. The standard InChI is InChI=1S/C8H13BrN2O2/c1-10-8(13)6-3-2-4-11(6)7(12)5-9/h6H,2-5H2,1H3,(H,10,13). The van der Waals surface area contributed by atoms with E-state index in [4.69, 9.17) is 0 Å². The van der Waals surface area contributed by atoms with Crippen molar-refractivity contribution in [3.05, 3.63) is 0 Å². The number of hydrogen-bond donors (Lipinski definition) is 1. The van der Waals surface area contributed by atoms with Crippen LogP contribution in [-0.2, 0) is 9.59 Å². The second-order valence-corrected chi connectivity index (χ2v) is 3.55. The van der Waals surface area contributed by atoms with Gasteiger partial charge < -0.3 is 10.2 Å². The predicted octanol–water partition coefficient (Wildman–Crippen LogP) is 0.118. The first-order chi connectivity index (χ1) is 6.20. The summed E-state index contributed by atoms with van der Waals surface area (Å²) in [5, 5.41) is 2.86. The first-order valence-electron chi connectivity index (χ1n) is 4.27. The van der Waals surface area contributed by atoms with Gasteiger partial charge in [-0.1, -0.05) is 15.9 Å². The molecule has 1 unspecified atom stereocenters. The fourth-order valence-electron chi connectivity index (χ4n) is 1.58. The van der Waals surface area contributed by atoms with Crippen molar-refractivity contribution in [2.45, 2.75) is 18.9 Å². The molecule has 0 aromatic heterocycles. The van der Waals surface area contributed by atoms with Crippen molar-refractivity contribution in [1.29, 1.82) is 0 Å². The molecule has 13 heavy (non-hydrogen) atoms. The second kappa shape index (κ2) is 4.60. The topological polar surface area (TPSA) is 49.4 Å². The minimum atomic E-state index is -0.255. The fraction of sp³-hybridized carbons (Fsp3) is 0.750. The number of alkyl halides is 1. The van der Waals surface area contributed by atoms with Gasteiger partial charge in [0.2, 0.25) is 11.8 Å². The van der Waals surface area contributed by atoms with Crippen LogP contribution in [0.25, 0.3) is 0 Å². The molecule has 1 aliphatic rings. The van der Waals surface area contributed by atoms with Crippen molar-refractivity contribution in [3.63, 3.8) is 0 Å². The number of carbonyl (C=O) groups is 2. The molecule has 2 amide bonds. The van der Waals surface area contributed by atoms with Crippen molar-refractivity contribution >= 4 is 27.7 Å². The molecule has 1 heterocycles. The van der Waals surface area contributed by atoms with E-state index in [0.717, 1.165) is 12.8 Å². The van der Waals surface area contributed by atoms with E-state index in [1.54, 1.807) is 11.9 Å². The van der Waals surface area contributed by atoms with E-state index < -0.39 is 0 Å². The van der Waals surface area contributed by atoms with E-state index in [2.05, 4.69) is 21.2 Å². The van der Waals surface area contributed by atoms with Crippen LogP contribution < -0.4 is 5.32 Å². The van der Waals surface area contributed by atoms with Gasteiger partial charge in [-0.2, -0.15) is 0 Å². The van der Waals surface area contributed by atoms with Crippen molar-refractivity contribution in [2.24, 2.45) is 0 Å². The van der Waals surface area contributed by atoms with Crippen LogP contribution >= 0.6 is 15.9 Å². The molecule has 0 saturated carbocycles. The Morgan fingerprint density at radius 2 is 2.31 bits per heavy atom. The third-order valence-corrected chi connectivity index (χ3v) is 2.72. The Kier molecular flexibility index (Phi) is 3.71. The van der Waals surface area contributed by atoms with E-state index in [9.17, 15) is 9.59 Å². The average molecular weight is 249 g/mol. The number of rotatable bonds is 2. The number of nitrogens with zero attached hydrogens (tertiary/aromatic N) is 1. The summed E-state index contributed by atoms with van der Waals surface area (Å²) in [7, 11) is 1.59. The highest BCUT2D eigenvalue weighted by Crippen LogP contribution is 2.17. The van der Waals surface area contributed by atoms with Gasteiger partial charge in [0.25, 0.3) is 0 Å². The second-order valence-electron chi connectivity index (χ2n) is 2.99. The molecule has 0 spiro atoms. The van der Waals surface area contributed by atoms with Gasteiger partial charge in [0, 0.05) is 13.6 Å². The van der Waals surface area contributed by atoms with E-state index in [-0.39, 0.29) is 17.9 Å². The monoisotopic (exact) mass is 248 g/mol. The summed E-state index contributed by atoms with van der Waals surface area (Å²) in [5.74, 6) is -0.0714. The predicted molar refractivity (Wildman–Crippen MR) is 52.6 cm³/mol. The fourth-order valence-corrected chi connectivity index (χ4v) is 1.90. The molecule has 0 aromatic rings. The lowest BCUT2D eigenvalue weighted by Gasteiger charge is -2.22. The van der Waals surface area contributed by atoms with E-state index in [0.29, 0.717) is 11.9 Å². The molecule has 1 saturated heterocycles. The van der Waals surface area contributed by atoms with Gasteiger partial charge in [0.1, 0.15) is 6.04 Å². The third-order valence-electron chi connectivity index (χ3n) is 2.24. The number of hydrogen-bond acceptors (Lipinski definition) is 2. The molecule has 1 N–H and O–H groups in total. The van der Waals surface area contributed by atoms with E-state index >= 15 is 0 Å². The Labute approximate surface area is 85.8 Å². The maximum atomic E-state index is 11.3. The summed E-state index contributed by atoms with van der Waals surface area (Å²) in [5.41, 5.74) is 0. The van der Waals surface area contributed by atoms with Crippen molar-refractivity contribution in [2.75, 3.05) is 18.9 Å². The molecule has 4 nitrogen and oxygen atoms in total. The highest BCUT2D eigenvalue weighted by atomic mass is 79.9. The molecular formula is C8H13BrN2O2. The molecule has 0 aliphatic carbocycles. The molecule has 1 aliphatic heterocycles. The summed E-state index contributed by atoms with van der Waals surface area (Å²) in [4.78, 5) is 24.3. The van der Waals surface area contributed by atoms with Gasteiger partial charge in [-0.15, -0.1) is 0 Å². The number of amides is 2. The largest absolute Gasteiger partial charge is 0.357 e. The number of halogens is 1. The van der Waals surface area contributed by atoms with Crippen LogP contribution in [0.1, 0.15) is 12.8 Å². The minimum Gasteiger partial charge on any atom is -0.357 e. The van der Waals surface area contributed by atoms with Gasteiger partial charge in [0.15, 0.2) is 0 Å². The van der Waals surface area contributed by atoms with Gasteiger partial charge in [-0.25, -0.2) is 0 Å². The van der Waals surface area contributed by atoms with E-state index in [1.807, 2.05) is 0 Å². The van der Waals surface area contributed by atoms with Crippen LogP contribution in [0.4, 0.5) is 0 Å². The zero-order valence-electron chi connectivity index (χ0n) is 7.55. The maximum Gasteiger partial charge on any atom is 0.242 e. The molecular weight excluding hydrogens is 236 g/mol. The lowest BCUT2D eigenvalue weighted by molar-refractivity contribution is -0.136. The molecule has 1 rings (SSSR count). The number of carbonyl (C=O) groups excluding carboxylic acids is 2. The highest BCUT2D eigenvalue weighted by Gasteiger charge is 2.32. The molecule has 0 aromatic carbocycles. The summed E-state index contributed by atoms with van der Waals surface area (Å²) >= 11 is 3.10. The summed E-state index contributed by atoms with van der Waals surface area (Å²) < 4.78 is 0. The van der Waals surface area contributed by atoms with Crippen LogP contribution in [0.5, 0.6) is 0 Å². The maximum absolute atomic E-state index is 11.3. The smallest absolute Gasteiger partial charge is 0.242 e. The highest BCUT2D eigenvalue weighted by molar-refractivity contribution is 9.09. The van der Waals surface area contributed by atoms with Crippen LogP contribution in [0.2, 0.25) is 0 Å². The number of likely N-dealkylation sites (N-methyl/N-ethyl adjacent to an activating group) is 1. The number of nitrogens with one attached hydrogen (secondary N) is 1. The summed E-state index contributed by atoms with van der Waals surface area (Å²) in [6.45, 7) is 0.697. The molecule has 0 bridgehead atoms. The normalized spacial score (nSPS) is 21.7. The average Bonchev–Trinajstić information content (AvgIpc) is 2.63. The van der Waals surface area contributed by atoms with Gasteiger partial charge in [-0.3, -0.25) is 9.59 Å². The van der Waals surface area contributed by atoms with E-state index in [1.165, 1.54) is 0 Å². The first-order valence-corrected chi connectivity index (χ1v) is 5.40. The summed E-state index contributed by atoms with van der Waals surface area (Å²) in [6, 6.07) is -0.255. The van der Waals surface area contributed by atoms with Gasteiger partial charge in [0.05, 0.1) is 5.33 Å². The molecule has 1 atom stereocenters. The Balaban J connectivity index is 2.63. The molecule has 5 heteroatoms. The Hall–Kier alpha value is -0.580. The lowest BCUT2D eigenvalue weighted by atomic mass is 10.2. The zero-order chi connectivity index (χ0) is 9.84. The van der Waals surface area contributed by atoms with Gasteiger partial charge >= 0.3 is 0 Å². The van der Waals surface area contributed by atoms with Crippen molar-refractivity contribution in [3.8, 4) is 0 Å². The molecule has 74 valence electrons. The van der Waals surface area contributed by atoms with Crippen LogP contribution in [-0.4, -0.2) is 41.7 Å². The molecule has 1 fully saturated rings. The van der Waals surface area contributed by atoms with Crippen LogP contribution in [0, 0.1) is 0 Å².